The summed E-state index contributed by atoms with van der Waals surface area (Å²) in [6.07, 6.45) is -2.02. The summed E-state index contributed by atoms with van der Waals surface area (Å²) in [5.74, 6) is -0.388. The molecule has 0 aliphatic heterocycles. The molecule has 3 aromatic rings. The van der Waals surface area contributed by atoms with Gasteiger partial charge in [-0.15, -0.1) is 21.5 Å². The van der Waals surface area contributed by atoms with E-state index in [0.717, 1.165) is 18.6 Å². The van der Waals surface area contributed by atoms with Crippen molar-refractivity contribution < 1.29 is 18.0 Å². The maximum absolute atomic E-state index is 12.7. The lowest BCUT2D eigenvalue weighted by Gasteiger charge is -2.10. The van der Waals surface area contributed by atoms with Crippen LogP contribution in [0.15, 0.2) is 53.3 Å². The van der Waals surface area contributed by atoms with Crippen LogP contribution in [0.5, 0.6) is 0 Å². The summed E-state index contributed by atoms with van der Waals surface area (Å²) in [6, 6.07) is 8.57. The molecule has 5 nitrogen and oxygen atoms in total. The van der Waals surface area contributed by atoms with Gasteiger partial charge in [0.2, 0.25) is 5.91 Å². The van der Waals surface area contributed by atoms with Crippen molar-refractivity contribution in [1.29, 1.82) is 0 Å². The Kier molecular flexibility index (Phi) is 6.17. The highest BCUT2D eigenvalue weighted by Gasteiger charge is 2.30. The molecule has 0 radical (unpaired) electrons. The van der Waals surface area contributed by atoms with Gasteiger partial charge >= 0.3 is 6.18 Å². The maximum atomic E-state index is 12.7. The van der Waals surface area contributed by atoms with Crippen LogP contribution in [-0.2, 0) is 23.9 Å². The van der Waals surface area contributed by atoms with Gasteiger partial charge in [-0.05, 0) is 36.1 Å². The van der Waals surface area contributed by atoms with Crippen LogP contribution >= 0.6 is 23.1 Å². The molecular weight excluding hydrogens is 397 g/mol. The fraction of sp³-hybridized carbons (Fsp3) is 0.235. The third kappa shape index (κ3) is 5.57. The number of rotatable bonds is 7. The van der Waals surface area contributed by atoms with Crippen molar-refractivity contribution in [3.8, 4) is 0 Å². The molecular formula is C17H15F3N4OS2. The van der Waals surface area contributed by atoms with Crippen LogP contribution in [0.2, 0.25) is 0 Å². The minimum Gasteiger partial charge on any atom is -0.325 e. The number of nitrogens with zero attached hydrogens (tertiary/aromatic N) is 3. The van der Waals surface area contributed by atoms with E-state index >= 15 is 0 Å². The molecule has 1 N–H and O–H groups in total. The molecule has 0 aliphatic rings. The molecule has 10 heteroatoms. The molecule has 0 unspecified atom stereocenters. The molecule has 142 valence electrons. The molecule has 2 aromatic heterocycles. The zero-order valence-corrected chi connectivity index (χ0v) is 15.6. The highest BCUT2D eigenvalue weighted by Crippen LogP contribution is 2.30. The second-order valence-corrected chi connectivity index (χ2v) is 7.53. The molecule has 2 heterocycles. The van der Waals surface area contributed by atoms with Gasteiger partial charge in [-0.2, -0.15) is 13.2 Å². The Hall–Kier alpha value is -2.33. The van der Waals surface area contributed by atoms with E-state index in [2.05, 4.69) is 15.5 Å². The number of halogens is 3. The van der Waals surface area contributed by atoms with Gasteiger partial charge in [0.25, 0.3) is 0 Å². The number of benzene rings is 1. The summed E-state index contributed by atoms with van der Waals surface area (Å²) in [6.45, 7) is 0.686. The molecule has 0 saturated carbocycles. The number of thioether (sulfide) groups is 1. The number of aromatic nitrogens is 3. The first-order chi connectivity index (χ1) is 12.9. The van der Waals surface area contributed by atoms with Crippen molar-refractivity contribution in [3.63, 3.8) is 0 Å². The number of carbonyl (C=O) groups excluding carboxylic acids is 1. The zero-order valence-electron chi connectivity index (χ0n) is 13.9. The molecule has 3 rings (SSSR count). The number of carbonyl (C=O) groups is 1. The van der Waals surface area contributed by atoms with Crippen LogP contribution < -0.4 is 5.32 Å². The summed E-state index contributed by atoms with van der Waals surface area (Å²) in [5, 5.41) is 12.9. The fourth-order valence-electron chi connectivity index (χ4n) is 2.30. The lowest BCUT2D eigenvalue weighted by atomic mass is 10.2. The van der Waals surface area contributed by atoms with Gasteiger partial charge in [-0.3, -0.25) is 4.79 Å². The summed E-state index contributed by atoms with van der Waals surface area (Å²) >= 11 is 2.85. The van der Waals surface area contributed by atoms with E-state index in [1.807, 2.05) is 22.1 Å². The smallest absolute Gasteiger partial charge is 0.325 e. The Balaban J connectivity index is 1.53. The number of hydrogen-bond donors (Lipinski definition) is 1. The molecule has 0 aliphatic carbocycles. The second-order valence-electron chi connectivity index (χ2n) is 5.55. The average Bonchev–Trinajstić information content (AvgIpc) is 3.29. The summed E-state index contributed by atoms with van der Waals surface area (Å²) in [4.78, 5) is 13.3. The first kappa shape index (κ1) is 19.4. The van der Waals surface area contributed by atoms with Gasteiger partial charge in [0.1, 0.15) is 6.33 Å². The van der Waals surface area contributed by atoms with E-state index in [0.29, 0.717) is 11.7 Å². The first-order valence-electron chi connectivity index (χ1n) is 7.92. The number of hydrogen-bond acceptors (Lipinski definition) is 5. The number of nitrogens with one attached hydrogen (secondary N) is 1. The van der Waals surface area contributed by atoms with Crippen LogP contribution in [0.4, 0.5) is 18.9 Å². The minimum atomic E-state index is -4.45. The molecule has 0 bridgehead atoms. The van der Waals surface area contributed by atoms with Crippen molar-refractivity contribution in [2.75, 3.05) is 11.1 Å². The van der Waals surface area contributed by atoms with E-state index in [1.54, 1.807) is 17.7 Å². The van der Waals surface area contributed by atoms with Crippen molar-refractivity contribution in [2.24, 2.45) is 0 Å². The number of anilines is 1. The number of thiophene rings is 1. The van der Waals surface area contributed by atoms with E-state index in [4.69, 9.17) is 0 Å². The molecule has 0 spiro atoms. The van der Waals surface area contributed by atoms with E-state index in [-0.39, 0.29) is 11.4 Å². The minimum absolute atomic E-state index is 0.0218. The quantitative estimate of drug-likeness (QED) is 0.587. The van der Waals surface area contributed by atoms with E-state index in [1.165, 1.54) is 28.8 Å². The zero-order chi connectivity index (χ0) is 19.3. The normalized spacial score (nSPS) is 11.5. The third-order valence-corrected chi connectivity index (χ3v) is 5.48. The van der Waals surface area contributed by atoms with Crippen molar-refractivity contribution in [1.82, 2.24) is 14.8 Å². The third-order valence-electron chi connectivity index (χ3n) is 3.57. The molecule has 1 amide bonds. The van der Waals surface area contributed by atoms with Gasteiger partial charge in [-0.1, -0.05) is 23.9 Å². The van der Waals surface area contributed by atoms with E-state index in [9.17, 15) is 18.0 Å². The van der Waals surface area contributed by atoms with Crippen molar-refractivity contribution >= 4 is 34.7 Å². The first-order valence-corrected chi connectivity index (χ1v) is 9.78. The monoisotopic (exact) mass is 412 g/mol. The summed E-state index contributed by atoms with van der Waals surface area (Å²) < 4.78 is 40.0. The van der Waals surface area contributed by atoms with Gasteiger partial charge in [-0.25, -0.2) is 0 Å². The molecule has 0 fully saturated rings. The molecule has 0 atom stereocenters. The highest BCUT2D eigenvalue weighted by atomic mass is 32.2. The average molecular weight is 412 g/mol. The van der Waals surface area contributed by atoms with Crippen LogP contribution in [0.3, 0.4) is 0 Å². The van der Waals surface area contributed by atoms with Gasteiger partial charge in [0, 0.05) is 17.1 Å². The Labute approximate surface area is 161 Å². The van der Waals surface area contributed by atoms with Gasteiger partial charge in [0.05, 0.1) is 11.3 Å². The largest absolute Gasteiger partial charge is 0.416 e. The summed E-state index contributed by atoms with van der Waals surface area (Å²) in [5.41, 5.74) is -0.698. The van der Waals surface area contributed by atoms with Gasteiger partial charge < -0.3 is 9.88 Å². The molecule has 27 heavy (non-hydrogen) atoms. The van der Waals surface area contributed by atoms with E-state index < -0.39 is 17.6 Å². The van der Waals surface area contributed by atoms with Gasteiger partial charge in [0.15, 0.2) is 5.16 Å². The Morgan fingerprint density at radius 1 is 1.26 bits per heavy atom. The lowest BCUT2D eigenvalue weighted by Crippen LogP contribution is -2.15. The van der Waals surface area contributed by atoms with Crippen LogP contribution in [0, 0.1) is 0 Å². The second kappa shape index (κ2) is 8.57. The SMILES string of the molecule is O=C(CSc1nncn1CCc1cccs1)Nc1cccc(C(F)(F)F)c1. The fourth-order valence-corrected chi connectivity index (χ4v) is 3.74. The molecule has 1 aromatic carbocycles. The van der Waals surface area contributed by atoms with Crippen molar-refractivity contribution in [2.45, 2.75) is 24.3 Å². The standard InChI is InChI=1S/C17H15F3N4OS2/c18-17(19,20)12-3-1-4-13(9-12)22-15(25)10-27-16-23-21-11-24(16)7-6-14-5-2-8-26-14/h1-5,8-9,11H,6-7,10H2,(H,22,25). The summed E-state index contributed by atoms with van der Waals surface area (Å²) in [7, 11) is 0. The Morgan fingerprint density at radius 2 is 2.11 bits per heavy atom. The Bertz CT molecular complexity index is 894. The lowest BCUT2D eigenvalue weighted by molar-refractivity contribution is -0.137. The predicted octanol–water partition coefficient (Wildman–Crippen LogP) is 4.33. The Morgan fingerprint density at radius 3 is 2.85 bits per heavy atom. The highest BCUT2D eigenvalue weighted by molar-refractivity contribution is 7.99. The van der Waals surface area contributed by atoms with Crippen LogP contribution in [0.1, 0.15) is 10.4 Å². The number of aryl methyl sites for hydroxylation is 2. The van der Waals surface area contributed by atoms with Crippen molar-refractivity contribution in [3.05, 3.63) is 58.5 Å². The topological polar surface area (TPSA) is 59.8 Å². The molecule has 0 saturated heterocycles. The van der Waals surface area contributed by atoms with Crippen LogP contribution in [0.25, 0.3) is 0 Å². The van der Waals surface area contributed by atoms with Crippen LogP contribution in [-0.4, -0.2) is 26.4 Å². The number of amides is 1. The maximum Gasteiger partial charge on any atom is 0.416 e. The number of alkyl halides is 3. The predicted molar refractivity (Wildman–Crippen MR) is 98.8 cm³/mol.